The van der Waals surface area contributed by atoms with Gasteiger partial charge in [0.25, 0.3) is 0 Å². The van der Waals surface area contributed by atoms with E-state index in [1.807, 2.05) is 12.4 Å². The van der Waals surface area contributed by atoms with E-state index in [4.69, 9.17) is 0 Å². The molecule has 0 radical (unpaired) electrons. The van der Waals surface area contributed by atoms with Crippen molar-refractivity contribution in [3.8, 4) is 44.5 Å². The van der Waals surface area contributed by atoms with Crippen LogP contribution in [0.25, 0.3) is 76.8 Å². The summed E-state index contributed by atoms with van der Waals surface area (Å²) in [6.07, 6.45) is 3.69. The van der Waals surface area contributed by atoms with E-state index < -0.39 is 0 Å². The summed E-state index contributed by atoms with van der Waals surface area (Å²) in [7, 11) is 0. The highest BCUT2D eigenvalue weighted by Gasteiger charge is 2.25. The zero-order chi connectivity index (χ0) is 28.8. The molecule has 0 amide bonds. The number of rotatable bonds is 4. The molecule has 0 aliphatic rings. The van der Waals surface area contributed by atoms with Crippen molar-refractivity contribution in [1.29, 1.82) is 0 Å². The standard InChI is InChI=1S/C41H26BrN/c42-41-37(31-21-19-27(20-22-31)28-23-25-43-26-24-28)36(29-11-3-1-4-12-29)39-34-17-9-7-15-32(34)33-16-8-10-18-35(33)40(39)38(41)30-13-5-2-6-14-30/h1-26H. The van der Waals surface area contributed by atoms with Crippen LogP contribution < -0.4 is 0 Å². The van der Waals surface area contributed by atoms with Gasteiger partial charge in [-0.25, -0.2) is 0 Å². The summed E-state index contributed by atoms with van der Waals surface area (Å²) in [6.45, 7) is 0. The fourth-order valence-corrected chi connectivity index (χ4v) is 7.40. The number of fused-ring (bicyclic) bond motifs is 6. The first-order valence-electron chi connectivity index (χ1n) is 14.5. The molecule has 8 rings (SSSR count). The van der Waals surface area contributed by atoms with Gasteiger partial charge in [0.15, 0.2) is 0 Å². The molecule has 7 aromatic carbocycles. The second-order valence-corrected chi connectivity index (χ2v) is 11.6. The van der Waals surface area contributed by atoms with Crippen molar-refractivity contribution in [2.45, 2.75) is 0 Å². The van der Waals surface area contributed by atoms with Crippen LogP contribution >= 0.6 is 15.9 Å². The van der Waals surface area contributed by atoms with Crippen molar-refractivity contribution < 1.29 is 0 Å². The van der Waals surface area contributed by atoms with E-state index in [1.54, 1.807) is 0 Å². The SMILES string of the molecule is Brc1c(-c2ccc(-c3ccncc3)cc2)c(-c2ccccc2)c2c3ccccc3c3ccccc3c2c1-c1ccccc1. The molecule has 0 aliphatic heterocycles. The molecule has 0 N–H and O–H groups in total. The summed E-state index contributed by atoms with van der Waals surface area (Å²) in [5.41, 5.74) is 9.52. The average molecular weight is 613 g/mol. The minimum absolute atomic E-state index is 1.10. The predicted octanol–water partition coefficient (Wildman–Crippen LogP) is 12.0. The Morgan fingerprint density at radius 2 is 0.721 bits per heavy atom. The van der Waals surface area contributed by atoms with Crippen LogP contribution in [0.3, 0.4) is 0 Å². The van der Waals surface area contributed by atoms with Crippen LogP contribution in [-0.2, 0) is 0 Å². The highest BCUT2D eigenvalue weighted by molar-refractivity contribution is 9.10. The summed E-state index contributed by atoms with van der Waals surface area (Å²) in [4.78, 5) is 4.20. The summed E-state index contributed by atoms with van der Waals surface area (Å²) in [6, 6.07) is 52.4. The monoisotopic (exact) mass is 611 g/mol. The molecule has 0 atom stereocenters. The Kier molecular flexibility index (Phi) is 6.35. The van der Waals surface area contributed by atoms with Crippen LogP contribution in [0.2, 0.25) is 0 Å². The molecule has 1 aromatic heterocycles. The molecule has 202 valence electrons. The summed E-state index contributed by atoms with van der Waals surface area (Å²) in [5.74, 6) is 0. The van der Waals surface area contributed by atoms with Crippen molar-refractivity contribution in [2.75, 3.05) is 0 Å². The van der Waals surface area contributed by atoms with Crippen LogP contribution in [-0.4, -0.2) is 4.98 Å². The second-order valence-electron chi connectivity index (χ2n) is 10.8. The first-order chi connectivity index (χ1) is 21.3. The van der Waals surface area contributed by atoms with E-state index in [0.717, 1.165) is 10.0 Å². The van der Waals surface area contributed by atoms with Gasteiger partial charge in [0.2, 0.25) is 0 Å². The number of hydrogen-bond donors (Lipinski definition) is 0. The Balaban J connectivity index is 1.59. The molecule has 1 heterocycles. The van der Waals surface area contributed by atoms with Crippen molar-refractivity contribution in [3.05, 3.63) is 162 Å². The first kappa shape index (κ1) is 25.6. The Bertz CT molecular complexity index is 2260. The quantitative estimate of drug-likeness (QED) is 0.180. The molecule has 43 heavy (non-hydrogen) atoms. The molecule has 1 nitrogen and oxygen atoms in total. The highest BCUT2D eigenvalue weighted by Crippen LogP contribution is 2.53. The Morgan fingerprint density at radius 3 is 1.28 bits per heavy atom. The number of hydrogen-bond acceptors (Lipinski definition) is 1. The fourth-order valence-electron chi connectivity index (χ4n) is 6.54. The summed E-state index contributed by atoms with van der Waals surface area (Å²) >= 11 is 4.23. The van der Waals surface area contributed by atoms with Gasteiger partial charge >= 0.3 is 0 Å². The Morgan fingerprint density at radius 1 is 0.326 bits per heavy atom. The van der Waals surface area contributed by atoms with E-state index in [0.29, 0.717) is 0 Å². The Hall–Kier alpha value is -5.05. The van der Waals surface area contributed by atoms with Crippen molar-refractivity contribution in [2.24, 2.45) is 0 Å². The highest BCUT2D eigenvalue weighted by atomic mass is 79.9. The van der Waals surface area contributed by atoms with Crippen molar-refractivity contribution in [1.82, 2.24) is 4.98 Å². The summed E-state index contributed by atoms with van der Waals surface area (Å²) < 4.78 is 1.10. The lowest BCUT2D eigenvalue weighted by atomic mass is 9.81. The van der Waals surface area contributed by atoms with Gasteiger partial charge in [-0.3, -0.25) is 4.98 Å². The van der Waals surface area contributed by atoms with Gasteiger partial charge in [-0.1, -0.05) is 133 Å². The van der Waals surface area contributed by atoms with E-state index in [1.165, 1.54) is 71.3 Å². The molecule has 0 spiro atoms. The van der Waals surface area contributed by atoms with Gasteiger partial charge in [0.05, 0.1) is 0 Å². The van der Waals surface area contributed by atoms with Gasteiger partial charge in [0.1, 0.15) is 0 Å². The van der Waals surface area contributed by atoms with Gasteiger partial charge in [0, 0.05) is 28.0 Å². The molecule has 0 aliphatic carbocycles. The van der Waals surface area contributed by atoms with E-state index in [-0.39, 0.29) is 0 Å². The fraction of sp³-hybridized carbons (Fsp3) is 0. The maximum absolute atomic E-state index is 4.23. The lowest BCUT2D eigenvalue weighted by molar-refractivity contribution is 1.33. The molecule has 0 unspecified atom stereocenters. The molecular formula is C41H26BrN. The zero-order valence-corrected chi connectivity index (χ0v) is 24.9. The van der Waals surface area contributed by atoms with Crippen LogP contribution in [0, 0.1) is 0 Å². The average Bonchev–Trinajstić information content (AvgIpc) is 3.09. The summed E-state index contributed by atoms with van der Waals surface area (Å²) in [5, 5.41) is 7.59. The maximum Gasteiger partial charge on any atom is 0.0345 e. The van der Waals surface area contributed by atoms with Crippen molar-refractivity contribution in [3.63, 3.8) is 0 Å². The molecule has 8 aromatic rings. The third-order valence-corrected chi connectivity index (χ3v) is 9.23. The molecule has 0 saturated heterocycles. The minimum Gasteiger partial charge on any atom is -0.265 e. The second kappa shape index (κ2) is 10.7. The van der Waals surface area contributed by atoms with Crippen molar-refractivity contribution >= 4 is 48.2 Å². The number of nitrogens with zero attached hydrogens (tertiary/aromatic N) is 1. The largest absolute Gasteiger partial charge is 0.265 e. The van der Waals surface area contributed by atoms with E-state index in [9.17, 15) is 0 Å². The molecule has 0 fully saturated rings. The third kappa shape index (κ3) is 4.26. The smallest absolute Gasteiger partial charge is 0.0345 e. The predicted molar refractivity (Wildman–Crippen MR) is 186 cm³/mol. The van der Waals surface area contributed by atoms with Crippen LogP contribution in [0.4, 0.5) is 0 Å². The van der Waals surface area contributed by atoms with E-state index >= 15 is 0 Å². The lowest BCUT2D eigenvalue weighted by Crippen LogP contribution is -1.96. The normalized spacial score (nSPS) is 11.4. The molecule has 0 saturated carbocycles. The number of pyridine rings is 1. The number of halogens is 1. The van der Waals surface area contributed by atoms with Gasteiger partial charge in [-0.15, -0.1) is 0 Å². The van der Waals surface area contributed by atoms with Crippen LogP contribution in [0.15, 0.2) is 162 Å². The van der Waals surface area contributed by atoms with Crippen LogP contribution in [0.5, 0.6) is 0 Å². The molecule has 2 heteroatoms. The zero-order valence-electron chi connectivity index (χ0n) is 23.3. The maximum atomic E-state index is 4.23. The molecular weight excluding hydrogens is 586 g/mol. The van der Waals surface area contributed by atoms with E-state index in [2.05, 4.69) is 167 Å². The minimum atomic E-state index is 1.10. The number of aromatic nitrogens is 1. The topological polar surface area (TPSA) is 12.9 Å². The Labute approximate surface area is 259 Å². The van der Waals surface area contributed by atoms with Crippen LogP contribution in [0.1, 0.15) is 0 Å². The number of benzene rings is 7. The molecule has 0 bridgehead atoms. The van der Waals surface area contributed by atoms with Gasteiger partial charge in [-0.2, -0.15) is 0 Å². The van der Waals surface area contributed by atoms with Gasteiger partial charge < -0.3 is 0 Å². The lowest BCUT2D eigenvalue weighted by Gasteiger charge is -2.24. The first-order valence-corrected chi connectivity index (χ1v) is 15.3. The third-order valence-electron chi connectivity index (χ3n) is 8.43. The van der Waals surface area contributed by atoms with Gasteiger partial charge in [-0.05, 0) is 93.8 Å².